The number of halogens is 1. The Morgan fingerprint density at radius 2 is 1.71 bits per heavy atom. The number of carbonyl (C=O) groups excluding carboxylic acids is 1. The summed E-state index contributed by atoms with van der Waals surface area (Å²) in [6.07, 6.45) is 0.919. The van der Waals surface area contributed by atoms with Crippen molar-refractivity contribution in [3.05, 3.63) is 65.5 Å². The Balaban J connectivity index is 1.98. The Morgan fingerprint density at radius 1 is 1.08 bits per heavy atom. The Hall–Kier alpha value is -2.36. The van der Waals surface area contributed by atoms with Crippen molar-refractivity contribution in [3.63, 3.8) is 0 Å². The van der Waals surface area contributed by atoms with Crippen LogP contribution in [0.25, 0.3) is 0 Å². The van der Waals surface area contributed by atoms with Crippen molar-refractivity contribution in [2.45, 2.75) is 45.8 Å². The van der Waals surface area contributed by atoms with E-state index in [2.05, 4.69) is 24.4 Å². The minimum Gasteiger partial charge on any atom is -0.481 e. The Bertz CT molecular complexity index is 652. The van der Waals surface area contributed by atoms with E-state index in [0.717, 1.165) is 12.0 Å². The van der Waals surface area contributed by atoms with Gasteiger partial charge in [-0.1, -0.05) is 38.1 Å². The van der Waals surface area contributed by atoms with E-state index in [9.17, 15) is 9.18 Å². The van der Waals surface area contributed by atoms with Gasteiger partial charge in [0, 0.05) is 0 Å². The molecule has 0 aliphatic rings. The van der Waals surface area contributed by atoms with Crippen molar-refractivity contribution in [2.24, 2.45) is 0 Å². The van der Waals surface area contributed by atoms with Crippen LogP contribution in [0.4, 0.5) is 4.39 Å². The molecule has 24 heavy (non-hydrogen) atoms. The van der Waals surface area contributed by atoms with Gasteiger partial charge >= 0.3 is 0 Å². The van der Waals surface area contributed by atoms with Crippen LogP contribution in [-0.4, -0.2) is 12.0 Å². The van der Waals surface area contributed by atoms with Crippen molar-refractivity contribution in [1.29, 1.82) is 0 Å². The molecule has 0 aliphatic carbocycles. The molecular weight excluding hydrogens is 305 g/mol. The molecule has 0 fully saturated rings. The zero-order valence-electron chi connectivity index (χ0n) is 14.4. The van der Waals surface area contributed by atoms with Gasteiger partial charge in [0.2, 0.25) is 0 Å². The zero-order valence-corrected chi connectivity index (χ0v) is 14.4. The summed E-state index contributed by atoms with van der Waals surface area (Å²) in [6, 6.07) is 13.8. The smallest absolute Gasteiger partial charge is 0.261 e. The maximum atomic E-state index is 12.9. The minimum absolute atomic E-state index is 0.103. The molecule has 0 saturated carbocycles. The number of benzene rings is 2. The number of ether oxygens (including phenoxy) is 1. The fourth-order valence-corrected chi connectivity index (χ4v) is 2.43. The molecule has 4 heteroatoms. The van der Waals surface area contributed by atoms with Gasteiger partial charge in [-0.15, -0.1) is 0 Å². The third-order valence-electron chi connectivity index (χ3n) is 4.00. The molecule has 2 rings (SSSR count). The molecule has 0 radical (unpaired) electrons. The summed E-state index contributed by atoms with van der Waals surface area (Å²) in [4.78, 5) is 12.4. The van der Waals surface area contributed by atoms with E-state index in [0.29, 0.717) is 12.2 Å². The van der Waals surface area contributed by atoms with Crippen LogP contribution in [0.2, 0.25) is 0 Å². The van der Waals surface area contributed by atoms with Gasteiger partial charge in [-0.2, -0.15) is 0 Å². The van der Waals surface area contributed by atoms with E-state index in [1.165, 1.54) is 29.8 Å². The molecule has 0 saturated heterocycles. The first-order valence-electron chi connectivity index (χ1n) is 8.35. The highest BCUT2D eigenvalue weighted by Gasteiger charge is 2.20. The van der Waals surface area contributed by atoms with Crippen molar-refractivity contribution in [3.8, 4) is 5.75 Å². The molecule has 128 valence electrons. The predicted octanol–water partition coefficient (Wildman–Crippen LogP) is 4.42. The van der Waals surface area contributed by atoms with Crippen molar-refractivity contribution in [2.75, 3.05) is 0 Å². The second kappa shape index (κ2) is 8.48. The van der Waals surface area contributed by atoms with Crippen LogP contribution < -0.4 is 10.1 Å². The predicted molar refractivity (Wildman–Crippen MR) is 93.5 cm³/mol. The molecule has 0 bridgehead atoms. The maximum absolute atomic E-state index is 12.9. The van der Waals surface area contributed by atoms with Crippen LogP contribution in [0.15, 0.2) is 48.5 Å². The van der Waals surface area contributed by atoms with Crippen LogP contribution in [0.3, 0.4) is 0 Å². The summed E-state index contributed by atoms with van der Waals surface area (Å²) in [5, 5.41) is 2.98. The molecule has 1 N–H and O–H groups in total. The number of rotatable bonds is 7. The second-order valence-corrected chi connectivity index (χ2v) is 5.79. The Kier molecular flexibility index (Phi) is 6.36. The molecule has 0 aliphatic heterocycles. The third-order valence-corrected chi connectivity index (χ3v) is 4.00. The highest BCUT2D eigenvalue weighted by atomic mass is 19.1. The summed E-state index contributed by atoms with van der Waals surface area (Å²) >= 11 is 0. The molecule has 0 aromatic heterocycles. The molecule has 2 aromatic carbocycles. The molecule has 2 unspecified atom stereocenters. The van der Waals surface area contributed by atoms with Crippen LogP contribution in [0, 0.1) is 5.82 Å². The monoisotopic (exact) mass is 329 g/mol. The molecule has 2 atom stereocenters. The molecule has 1 amide bonds. The average molecular weight is 329 g/mol. The van der Waals surface area contributed by atoms with Crippen LogP contribution in [-0.2, 0) is 11.2 Å². The molecule has 0 heterocycles. The van der Waals surface area contributed by atoms with E-state index in [4.69, 9.17) is 4.74 Å². The van der Waals surface area contributed by atoms with Gasteiger partial charge in [-0.25, -0.2) is 4.39 Å². The van der Waals surface area contributed by atoms with E-state index >= 15 is 0 Å². The summed E-state index contributed by atoms with van der Waals surface area (Å²) in [5.74, 6) is -0.0174. The van der Waals surface area contributed by atoms with E-state index in [1.807, 2.05) is 26.0 Å². The van der Waals surface area contributed by atoms with E-state index in [1.54, 1.807) is 0 Å². The fourth-order valence-electron chi connectivity index (χ4n) is 2.43. The Morgan fingerprint density at radius 3 is 2.25 bits per heavy atom. The maximum Gasteiger partial charge on any atom is 0.261 e. The van der Waals surface area contributed by atoms with Gasteiger partial charge < -0.3 is 10.1 Å². The fraction of sp³-hybridized carbons (Fsp3) is 0.350. The Labute approximate surface area is 142 Å². The first kappa shape index (κ1) is 18.0. The van der Waals surface area contributed by atoms with Crippen LogP contribution >= 0.6 is 0 Å². The van der Waals surface area contributed by atoms with Gasteiger partial charge in [0.15, 0.2) is 6.10 Å². The third kappa shape index (κ3) is 4.82. The number of hydrogen-bond donors (Lipinski definition) is 1. The van der Waals surface area contributed by atoms with Crippen molar-refractivity contribution in [1.82, 2.24) is 5.32 Å². The quantitative estimate of drug-likeness (QED) is 0.816. The molecule has 3 nitrogen and oxygen atoms in total. The molecular formula is C20H24FNO2. The summed E-state index contributed by atoms with van der Waals surface area (Å²) in [7, 11) is 0. The summed E-state index contributed by atoms with van der Waals surface area (Å²) in [5.41, 5.74) is 2.32. The van der Waals surface area contributed by atoms with Gasteiger partial charge in [0.05, 0.1) is 6.04 Å². The topological polar surface area (TPSA) is 38.3 Å². The number of nitrogens with one attached hydrogen (secondary N) is 1. The van der Waals surface area contributed by atoms with Crippen molar-refractivity contribution < 1.29 is 13.9 Å². The highest BCUT2D eigenvalue weighted by Crippen LogP contribution is 2.17. The average Bonchev–Trinajstić information content (AvgIpc) is 2.61. The first-order valence-corrected chi connectivity index (χ1v) is 8.35. The number of amides is 1. The van der Waals surface area contributed by atoms with Gasteiger partial charge in [0.25, 0.3) is 5.91 Å². The second-order valence-electron chi connectivity index (χ2n) is 5.79. The number of aryl methyl sites for hydroxylation is 1. The molecule has 0 spiro atoms. The normalized spacial score (nSPS) is 13.2. The number of carbonyl (C=O) groups is 1. The van der Waals surface area contributed by atoms with Gasteiger partial charge in [-0.3, -0.25) is 4.79 Å². The largest absolute Gasteiger partial charge is 0.481 e. The summed E-state index contributed by atoms with van der Waals surface area (Å²) in [6.45, 7) is 5.94. The zero-order chi connectivity index (χ0) is 17.5. The van der Waals surface area contributed by atoms with Crippen LogP contribution in [0.5, 0.6) is 5.75 Å². The van der Waals surface area contributed by atoms with Crippen molar-refractivity contribution >= 4 is 5.91 Å². The van der Waals surface area contributed by atoms with Crippen LogP contribution in [0.1, 0.15) is 44.4 Å². The SMILES string of the molecule is CCc1ccc(C(C)NC(=O)C(CC)Oc2ccc(F)cc2)cc1. The van der Waals surface area contributed by atoms with Gasteiger partial charge in [0.1, 0.15) is 11.6 Å². The van der Waals surface area contributed by atoms with E-state index in [-0.39, 0.29) is 17.8 Å². The standard InChI is InChI=1S/C20H24FNO2/c1-4-15-6-8-16(9-7-15)14(3)22-20(23)19(5-2)24-18-12-10-17(21)11-13-18/h6-14,19H,4-5H2,1-3H3,(H,22,23). The lowest BCUT2D eigenvalue weighted by Gasteiger charge is -2.21. The van der Waals surface area contributed by atoms with Gasteiger partial charge in [-0.05, 0) is 55.2 Å². The highest BCUT2D eigenvalue weighted by molar-refractivity contribution is 5.81. The summed E-state index contributed by atoms with van der Waals surface area (Å²) < 4.78 is 18.6. The van der Waals surface area contributed by atoms with E-state index < -0.39 is 6.10 Å². The number of hydrogen-bond acceptors (Lipinski definition) is 2. The minimum atomic E-state index is -0.604. The lowest BCUT2D eigenvalue weighted by molar-refractivity contribution is -0.128. The molecule has 2 aromatic rings. The first-order chi connectivity index (χ1) is 11.5. The lowest BCUT2D eigenvalue weighted by atomic mass is 10.0. The lowest BCUT2D eigenvalue weighted by Crippen LogP contribution is -2.39.